The Kier molecular flexibility index (Phi) is 5.01. The molecular weight excluding hydrogens is 220 g/mol. The van der Waals surface area contributed by atoms with Crippen LogP contribution in [0.1, 0.15) is 11.7 Å². The van der Waals surface area contributed by atoms with Gasteiger partial charge in [0.1, 0.15) is 12.7 Å². The van der Waals surface area contributed by atoms with Gasteiger partial charge in [0.2, 0.25) is 0 Å². The van der Waals surface area contributed by atoms with Crippen molar-refractivity contribution in [1.29, 1.82) is 0 Å². The van der Waals surface area contributed by atoms with Crippen molar-refractivity contribution in [3.05, 3.63) is 29.8 Å². The van der Waals surface area contributed by atoms with Gasteiger partial charge in [0.15, 0.2) is 0 Å². The predicted octanol–water partition coefficient (Wildman–Crippen LogP) is 2.04. The summed E-state index contributed by atoms with van der Waals surface area (Å²) in [7, 11) is 0. The second kappa shape index (κ2) is 6.05. The molecule has 1 aromatic carbocycles. The van der Waals surface area contributed by atoms with E-state index in [2.05, 4.69) is 0 Å². The van der Waals surface area contributed by atoms with E-state index in [0.717, 1.165) is 16.7 Å². The first-order chi connectivity index (χ1) is 7.19. The maximum atomic E-state index is 12.2. The zero-order chi connectivity index (χ0) is 11.3. The maximum Gasteiger partial charge on any atom is 0.139 e. The summed E-state index contributed by atoms with van der Waals surface area (Å²) < 4.78 is 24.1. The number of alkyl halides is 2. The van der Waals surface area contributed by atoms with Gasteiger partial charge in [-0.25, -0.2) is 8.78 Å². The lowest BCUT2D eigenvalue weighted by atomic mass is 10.0. The third-order valence-electron chi connectivity index (χ3n) is 2.03. The smallest absolute Gasteiger partial charge is 0.139 e. The zero-order valence-corrected chi connectivity index (χ0v) is 8.88. The quantitative estimate of drug-likeness (QED) is 0.765. The molecule has 0 saturated carbocycles. The van der Waals surface area contributed by atoms with Crippen molar-refractivity contribution in [3.8, 4) is 0 Å². The van der Waals surface area contributed by atoms with Gasteiger partial charge in [0.25, 0.3) is 0 Å². The molecule has 0 spiro atoms. The van der Waals surface area contributed by atoms with Gasteiger partial charge in [0, 0.05) is 4.90 Å². The first-order valence-corrected chi connectivity index (χ1v) is 5.46. The molecule has 3 N–H and O–H groups in total. The third-order valence-corrected chi connectivity index (χ3v) is 2.74. The first kappa shape index (κ1) is 12.4. The van der Waals surface area contributed by atoms with Crippen molar-refractivity contribution in [2.24, 2.45) is 5.73 Å². The number of hydrogen-bond acceptors (Lipinski definition) is 3. The van der Waals surface area contributed by atoms with E-state index in [0.29, 0.717) is 5.56 Å². The van der Waals surface area contributed by atoms with E-state index < -0.39 is 24.8 Å². The summed E-state index contributed by atoms with van der Waals surface area (Å²) in [5.74, 6) is 0. The van der Waals surface area contributed by atoms with E-state index in [-0.39, 0.29) is 0 Å². The molecule has 0 aliphatic carbocycles. The Morgan fingerprint density at radius 1 is 1.27 bits per heavy atom. The van der Waals surface area contributed by atoms with Crippen LogP contribution in [0.3, 0.4) is 0 Å². The highest BCUT2D eigenvalue weighted by Gasteiger charge is 2.16. The van der Waals surface area contributed by atoms with Crippen molar-refractivity contribution in [2.45, 2.75) is 17.0 Å². The number of nitrogens with two attached hydrogens (primary N) is 1. The summed E-state index contributed by atoms with van der Waals surface area (Å²) in [4.78, 5) is 0.766. The monoisotopic (exact) mass is 233 g/mol. The van der Waals surface area contributed by atoms with Crippen LogP contribution in [0, 0.1) is 0 Å². The van der Waals surface area contributed by atoms with Crippen molar-refractivity contribution >= 4 is 11.8 Å². The number of benzene rings is 1. The molecule has 0 saturated heterocycles. The first-order valence-electron chi connectivity index (χ1n) is 4.47. The zero-order valence-electron chi connectivity index (χ0n) is 8.07. The molecule has 0 amide bonds. The Morgan fingerprint density at radius 3 is 2.33 bits per heavy atom. The lowest BCUT2D eigenvalue weighted by Gasteiger charge is -2.16. The van der Waals surface area contributed by atoms with Crippen LogP contribution in [-0.2, 0) is 0 Å². The van der Waals surface area contributed by atoms with Gasteiger partial charge in [-0.15, -0.1) is 0 Å². The van der Waals surface area contributed by atoms with Gasteiger partial charge in [-0.3, -0.25) is 0 Å². The second-order valence-electron chi connectivity index (χ2n) is 3.09. The maximum absolute atomic E-state index is 12.2. The normalized spacial score (nSPS) is 14.9. The van der Waals surface area contributed by atoms with E-state index in [4.69, 9.17) is 5.73 Å². The summed E-state index contributed by atoms with van der Waals surface area (Å²) in [5, 5.41) is 9.56. The van der Waals surface area contributed by atoms with Gasteiger partial charge in [0.05, 0.1) is 12.1 Å². The van der Waals surface area contributed by atoms with Crippen LogP contribution in [0.2, 0.25) is 0 Å². The van der Waals surface area contributed by atoms with E-state index in [1.807, 2.05) is 0 Å². The Hall–Kier alpha value is -0.650. The molecule has 0 aromatic heterocycles. The number of aliphatic hydroxyl groups is 1. The molecule has 0 heterocycles. The average Bonchev–Trinajstić information content (AvgIpc) is 2.28. The predicted molar refractivity (Wildman–Crippen MR) is 57.2 cm³/mol. The lowest BCUT2D eigenvalue weighted by molar-refractivity contribution is 0.132. The van der Waals surface area contributed by atoms with Crippen LogP contribution in [0.15, 0.2) is 29.2 Å². The summed E-state index contributed by atoms with van der Waals surface area (Å²) in [5.41, 5.74) is 5.90. The summed E-state index contributed by atoms with van der Waals surface area (Å²) in [6, 6.07) is 5.19. The van der Waals surface area contributed by atoms with E-state index >= 15 is 0 Å². The molecule has 5 heteroatoms. The molecule has 15 heavy (non-hydrogen) atoms. The minimum absolute atomic E-state index is 0.494. The molecule has 0 radical (unpaired) electrons. The standard InChI is InChI=1S/C10H13F2NOS/c11-5-9(13)10(14)7-1-3-8(4-2-7)15-6-12/h1-4,9-10,14H,5-6,13H2. The molecule has 0 aliphatic heterocycles. The van der Waals surface area contributed by atoms with Crippen molar-refractivity contribution in [2.75, 3.05) is 12.7 Å². The summed E-state index contributed by atoms with van der Waals surface area (Å²) in [6.45, 7) is -0.776. The Labute approximate surface area is 91.5 Å². The number of aliphatic hydroxyl groups excluding tert-OH is 1. The van der Waals surface area contributed by atoms with Gasteiger partial charge >= 0.3 is 0 Å². The lowest BCUT2D eigenvalue weighted by Crippen LogP contribution is -2.30. The fraction of sp³-hybridized carbons (Fsp3) is 0.400. The largest absolute Gasteiger partial charge is 0.387 e. The summed E-state index contributed by atoms with van der Waals surface area (Å²) in [6.07, 6.45) is -1.01. The van der Waals surface area contributed by atoms with E-state index in [1.165, 1.54) is 0 Å². The third kappa shape index (κ3) is 3.44. The minimum atomic E-state index is -1.01. The molecule has 2 atom stereocenters. The number of halogens is 2. The van der Waals surface area contributed by atoms with Gasteiger partial charge < -0.3 is 10.8 Å². The van der Waals surface area contributed by atoms with Gasteiger partial charge in [-0.1, -0.05) is 23.9 Å². The van der Waals surface area contributed by atoms with Crippen LogP contribution in [-0.4, -0.2) is 23.8 Å². The fourth-order valence-electron chi connectivity index (χ4n) is 1.16. The molecule has 2 unspecified atom stereocenters. The van der Waals surface area contributed by atoms with Crippen molar-refractivity contribution in [3.63, 3.8) is 0 Å². The van der Waals surface area contributed by atoms with Crippen LogP contribution >= 0.6 is 11.8 Å². The molecule has 1 rings (SSSR count). The van der Waals surface area contributed by atoms with Gasteiger partial charge in [-0.05, 0) is 17.7 Å². The average molecular weight is 233 g/mol. The fourth-order valence-corrected chi connectivity index (χ4v) is 1.61. The number of hydrogen-bond donors (Lipinski definition) is 2. The van der Waals surface area contributed by atoms with Crippen LogP contribution in [0.5, 0.6) is 0 Å². The molecular formula is C10H13F2NOS. The van der Waals surface area contributed by atoms with Crippen LogP contribution < -0.4 is 5.73 Å². The molecule has 0 fully saturated rings. The Morgan fingerprint density at radius 2 is 1.87 bits per heavy atom. The Balaban J connectivity index is 2.70. The highest BCUT2D eigenvalue weighted by Crippen LogP contribution is 2.22. The Bertz CT molecular complexity index is 294. The molecule has 84 valence electrons. The van der Waals surface area contributed by atoms with Gasteiger partial charge in [-0.2, -0.15) is 0 Å². The molecule has 1 aromatic rings. The summed E-state index contributed by atoms with van der Waals surface area (Å²) >= 11 is 1.06. The van der Waals surface area contributed by atoms with E-state index in [1.54, 1.807) is 24.3 Å². The van der Waals surface area contributed by atoms with Crippen molar-refractivity contribution in [1.82, 2.24) is 0 Å². The van der Waals surface area contributed by atoms with Crippen LogP contribution in [0.4, 0.5) is 8.78 Å². The topological polar surface area (TPSA) is 46.2 Å². The second-order valence-corrected chi connectivity index (χ2v) is 4.06. The van der Waals surface area contributed by atoms with Crippen molar-refractivity contribution < 1.29 is 13.9 Å². The minimum Gasteiger partial charge on any atom is -0.387 e. The van der Waals surface area contributed by atoms with Crippen LogP contribution in [0.25, 0.3) is 0 Å². The van der Waals surface area contributed by atoms with E-state index in [9.17, 15) is 13.9 Å². The highest BCUT2D eigenvalue weighted by molar-refractivity contribution is 7.99. The number of thioether (sulfide) groups is 1. The molecule has 0 aliphatic rings. The molecule has 0 bridgehead atoms. The molecule has 2 nitrogen and oxygen atoms in total. The SMILES string of the molecule is NC(CF)C(O)c1ccc(SCF)cc1. The highest BCUT2D eigenvalue weighted by atomic mass is 32.2. The number of rotatable bonds is 5.